The Bertz CT molecular complexity index is 146. The Morgan fingerprint density at radius 2 is 2.33 bits per heavy atom. The van der Waals surface area contributed by atoms with Crippen LogP contribution in [-0.2, 0) is 14.3 Å². The molecule has 0 amide bonds. The fourth-order valence-corrected chi connectivity index (χ4v) is 0.530. The lowest BCUT2D eigenvalue weighted by Crippen LogP contribution is -2.17. The fraction of sp³-hybridized carbons (Fsp3) is 0.571. The third kappa shape index (κ3) is 6.00. The zero-order chi connectivity index (χ0) is 9.40. The van der Waals surface area contributed by atoms with Crippen LogP contribution in [0, 0.1) is 0 Å². The van der Waals surface area contributed by atoms with Crippen LogP contribution in [0.4, 0.5) is 0 Å². The lowest BCUT2D eigenvalue weighted by Gasteiger charge is -2.04. The Morgan fingerprint density at radius 1 is 1.67 bits per heavy atom. The van der Waals surface area contributed by atoms with Crippen molar-refractivity contribution < 1.29 is 19.4 Å². The summed E-state index contributed by atoms with van der Waals surface area (Å²) in [4.78, 5) is 10.5. The molecule has 0 fully saturated rings. The summed E-state index contributed by atoms with van der Waals surface area (Å²) in [6.07, 6.45) is 1.85. The number of ether oxygens (including phenoxy) is 2. The van der Waals surface area contributed by atoms with E-state index in [0.717, 1.165) is 0 Å². The van der Waals surface area contributed by atoms with Crippen molar-refractivity contribution in [2.24, 2.45) is 0 Å². The van der Waals surface area contributed by atoms with E-state index in [2.05, 4.69) is 11.3 Å². The zero-order valence-electron chi connectivity index (χ0n) is 6.53. The maximum atomic E-state index is 10.5. The van der Waals surface area contributed by atoms with Crippen molar-refractivity contribution in [2.75, 3.05) is 13.2 Å². The number of carbonyl (C=O) groups is 1. The Labute approximate surface area is 75.7 Å². The van der Waals surface area contributed by atoms with Gasteiger partial charge in [0.25, 0.3) is 0 Å². The monoisotopic (exact) mass is 194 g/mol. The summed E-state index contributed by atoms with van der Waals surface area (Å²) >= 11 is 5.00. The molecule has 0 aromatic rings. The summed E-state index contributed by atoms with van der Waals surface area (Å²) < 4.78 is 9.27. The summed E-state index contributed by atoms with van der Waals surface area (Å²) in [5, 5.41) is 8.47. The number of rotatable bonds is 6. The fourth-order valence-electron chi connectivity index (χ4n) is 0.467. The van der Waals surface area contributed by atoms with Gasteiger partial charge < -0.3 is 14.6 Å². The molecule has 0 aromatic carbocycles. The van der Waals surface area contributed by atoms with Gasteiger partial charge in [-0.05, 0) is 0 Å². The Kier molecular flexibility index (Phi) is 6.51. The Hall–Kier alpha value is -0.740. The maximum absolute atomic E-state index is 10.5. The molecule has 4 nitrogen and oxygen atoms in total. The van der Waals surface area contributed by atoms with Gasteiger partial charge in [0, 0.05) is 6.42 Å². The molecule has 0 aliphatic carbocycles. The normalized spacial score (nSPS) is 11.8. The zero-order valence-corrected chi connectivity index (χ0v) is 7.29. The van der Waals surface area contributed by atoms with Crippen LogP contribution in [0.1, 0.15) is 6.42 Å². The lowest BCUT2D eigenvalue weighted by molar-refractivity contribution is -0.149. The highest BCUT2D eigenvalue weighted by Crippen LogP contribution is 1.94. The molecule has 70 valence electrons. The highest BCUT2D eigenvalue weighted by molar-refractivity contribution is 6.28. The number of halogens is 1. The highest BCUT2D eigenvalue weighted by atomic mass is 35.5. The van der Waals surface area contributed by atoms with Crippen LogP contribution in [-0.4, -0.2) is 29.9 Å². The molecule has 0 spiro atoms. The number of carbonyl (C=O) groups excluding carboxylic acids is 1. The molecule has 0 radical (unpaired) electrons. The Morgan fingerprint density at radius 3 is 2.83 bits per heavy atom. The van der Waals surface area contributed by atoms with Crippen molar-refractivity contribution in [1.82, 2.24) is 0 Å². The van der Waals surface area contributed by atoms with E-state index in [9.17, 15) is 4.79 Å². The second-order valence-corrected chi connectivity index (χ2v) is 2.31. The van der Waals surface area contributed by atoms with Gasteiger partial charge in [-0.3, -0.25) is 0 Å². The van der Waals surface area contributed by atoms with E-state index < -0.39 is 11.5 Å². The van der Waals surface area contributed by atoms with Crippen LogP contribution < -0.4 is 0 Å². The van der Waals surface area contributed by atoms with E-state index in [1.54, 1.807) is 0 Å². The molecule has 0 saturated heterocycles. The summed E-state index contributed by atoms with van der Waals surface area (Å²) in [6, 6.07) is 0. The molecule has 1 unspecified atom stereocenters. The van der Waals surface area contributed by atoms with Crippen LogP contribution in [0.25, 0.3) is 0 Å². The van der Waals surface area contributed by atoms with E-state index in [1.165, 1.54) is 6.26 Å². The van der Waals surface area contributed by atoms with Crippen LogP contribution in [0.3, 0.4) is 0 Å². The van der Waals surface area contributed by atoms with Crippen molar-refractivity contribution in [3.63, 3.8) is 0 Å². The molecule has 0 aliphatic heterocycles. The van der Waals surface area contributed by atoms with Gasteiger partial charge in [-0.1, -0.05) is 18.2 Å². The van der Waals surface area contributed by atoms with Gasteiger partial charge in [-0.25, -0.2) is 4.79 Å². The molecular formula is C7H11ClO4. The summed E-state index contributed by atoms with van der Waals surface area (Å²) in [6.45, 7) is 3.93. The van der Waals surface area contributed by atoms with E-state index in [1.807, 2.05) is 0 Å². The number of alkyl halides is 1. The number of aliphatic hydroxyl groups excluding tert-OH is 1. The smallest absolute Gasteiger partial charge is 0.350 e. The van der Waals surface area contributed by atoms with Gasteiger partial charge in [-0.2, -0.15) is 0 Å². The van der Waals surface area contributed by atoms with Crippen LogP contribution in [0.2, 0.25) is 0 Å². The first-order valence-corrected chi connectivity index (χ1v) is 3.83. The molecular weight excluding hydrogens is 184 g/mol. The predicted octanol–water partition coefficient (Wildman–Crippen LogP) is 0.637. The predicted molar refractivity (Wildman–Crippen MR) is 43.6 cm³/mol. The second-order valence-electron chi connectivity index (χ2n) is 1.89. The standard InChI is InChI=1S/C7H11ClO4/c1-2-11-4-3-5-12-7(10)6(8)9/h2,6,9H,1,3-5H2. The summed E-state index contributed by atoms with van der Waals surface area (Å²) in [7, 11) is 0. The van der Waals surface area contributed by atoms with Gasteiger partial charge in [0.05, 0.1) is 19.5 Å². The molecule has 1 atom stereocenters. The van der Waals surface area contributed by atoms with Crippen molar-refractivity contribution in [3.8, 4) is 0 Å². The second kappa shape index (κ2) is 6.94. The minimum Gasteiger partial charge on any atom is -0.502 e. The number of esters is 1. The molecule has 0 heterocycles. The van der Waals surface area contributed by atoms with Gasteiger partial charge in [-0.15, -0.1) is 0 Å². The average molecular weight is 195 g/mol. The van der Waals surface area contributed by atoms with Gasteiger partial charge in [0.15, 0.2) is 0 Å². The number of hydrogen-bond acceptors (Lipinski definition) is 4. The molecule has 12 heavy (non-hydrogen) atoms. The summed E-state index contributed by atoms with van der Waals surface area (Å²) in [5.41, 5.74) is -1.58. The van der Waals surface area contributed by atoms with Gasteiger partial charge >= 0.3 is 5.97 Å². The highest BCUT2D eigenvalue weighted by Gasteiger charge is 2.11. The minimum absolute atomic E-state index is 0.177. The number of hydrogen-bond donors (Lipinski definition) is 1. The molecule has 0 saturated carbocycles. The topological polar surface area (TPSA) is 55.8 Å². The molecule has 5 heteroatoms. The van der Waals surface area contributed by atoms with E-state index >= 15 is 0 Å². The van der Waals surface area contributed by atoms with Crippen molar-refractivity contribution >= 4 is 17.6 Å². The molecule has 0 aromatic heterocycles. The van der Waals surface area contributed by atoms with Crippen LogP contribution in [0.15, 0.2) is 12.8 Å². The number of aliphatic hydroxyl groups is 1. The van der Waals surface area contributed by atoms with Crippen LogP contribution in [0.5, 0.6) is 0 Å². The molecule has 1 N–H and O–H groups in total. The third-order valence-corrected chi connectivity index (χ3v) is 1.14. The van der Waals surface area contributed by atoms with Gasteiger partial charge in [0.2, 0.25) is 5.56 Å². The molecule has 0 aliphatic rings. The minimum atomic E-state index is -1.58. The van der Waals surface area contributed by atoms with Crippen LogP contribution >= 0.6 is 11.6 Å². The quantitative estimate of drug-likeness (QED) is 0.292. The van der Waals surface area contributed by atoms with Gasteiger partial charge in [0.1, 0.15) is 0 Å². The summed E-state index contributed by atoms with van der Waals surface area (Å²) in [5.74, 6) is -0.838. The maximum Gasteiger partial charge on any atom is 0.350 e. The van der Waals surface area contributed by atoms with E-state index in [4.69, 9.17) is 21.4 Å². The van der Waals surface area contributed by atoms with Crippen molar-refractivity contribution in [1.29, 1.82) is 0 Å². The molecule has 0 rings (SSSR count). The first-order valence-electron chi connectivity index (χ1n) is 3.39. The van der Waals surface area contributed by atoms with Crippen molar-refractivity contribution in [2.45, 2.75) is 12.0 Å². The average Bonchev–Trinajstić information content (AvgIpc) is 2.03. The first kappa shape index (κ1) is 11.3. The van der Waals surface area contributed by atoms with E-state index in [-0.39, 0.29) is 6.61 Å². The van der Waals surface area contributed by atoms with E-state index in [0.29, 0.717) is 13.0 Å². The first-order chi connectivity index (χ1) is 5.68. The SMILES string of the molecule is C=COCCCOC(=O)C(O)Cl. The Balaban J connectivity index is 3.19. The molecule has 0 bridgehead atoms. The van der Waals surface area contributed by atoms with Crippen molar-refractivity contribution in [3.05, 3.63) is 12.8 Å². The largest absolute Gasteiger partial charge is 0.502 e. The third-order valence-electron chi connectivity index (χ3n) is 0.963. The lowest BCUT2D eigenvalue weighted by atomic mass is 10.5.